The number of carbonyl (C=O) groups excluding carboxylic acids is 1. The summed E-state index contributed by atoms with van der Waals surface area (Å²) >= 11 is 0. The van der Waals surface area contributed by atoms with Crippen LogP contribution in [0.3, 0.4) is 0 Å². The molecule has 0 spiro atoms. The van der Waals surface area contributed by atoms with E-state index in [9.17, 15) is 13.2 Å². The van der Waals surface area contributed by atoms with E-state index in [-0.39, 0.29) is 31.2 Å². The molecule has 1 saturated heterocycles. The average molecular weight is 221 g/mol. The van der Waals surface area contributed by atoms with Crippen molar-refractivity contribution in [2.24, 2.45) is 5.73 Å². The first-order valence-electron chi connectivity index (χ1n) is 4.51. The third kappa shape index (κ3) is 2.93. The van der Waals surface area contributed by atoms with E-state index in [1.807, 2.05) is 0 Å². The molecule has 14 heavy (non-hydrogen) atoms. The smallest absolute Gasteiger partial charge is 0.221 e. The van der Waals surface area contributed by atoms with E-state index in [2.05, 4.69) is 5.32 Å². The van der Waals surface area contributed by atoms with Crippen LogP contribution in [0, 0.1) is 0 Å². The van der Waals surface area contributed by atoms with Gasteiger partial charge >= 0.3 is 0 Å². The molecular weight excluding hydrogens is 206 g/mol. The minimum Gasteiger partial charge on any atom is -0.355 e. The molecule has 0 saturated carbocycles. The van der Waals surface area contributed by atoms with Crippen LogP contribution in [-0.4, -0.2) is 50.6 Å². The predicted octanol–water partition coefficient (Wildman–Crippen LogP) is -1.90. The Labute approximate surface area is 83.5 Å². The van der Waals surface area contributed by atoms with Crippen LogP contribution in [0.2, 0.25) is 0 Å². The van der Waals surface area contributed by atoms with Crippen molar-refractivity contribution in [2.75, 3.05) is 31.9 Å². The van der Waals surface area contributed by atoms with E-state index in [1.54, 1.807) is 0 Å². The minimum absolute atomic E-state index is 0.0544. The first kappa shape index (κ1) is 11.4. The van der Waals surface area contributed by atoms with E-state index < -0.39 is 10.0 Å². The predicted molar refractivity (Wildman–Crippen MR) is 52.0 cm³/mol. The second-order valence-corrected chi connectivity index (χ2v) is 5.19. The Morgan fingerprint density at radius 3 is 2.79 bits per heavy atom. The maximum Gasteiger partial charge on any atom is 0.221 e. The highest BCUT2D eigenvalue weighted by atomic mass is 32.2. The molecule has 3 N–H and O–H groups in total. The van der Waals surface area contributed by atoms with Crippen LogP contribution in [0.5, 0.6) is 0 Å². The number of sulfonamides is 1. The summed E-state index contributed by atoms with van der Waals surface area (Å²) in [4.78, 5) is 11.0. The van der Waals surface area contributed by atoms with Gasteiger partial charge in [0.05, 0.1) is 5.75 Å². The van der Waals surface area contributed by atoms with Crippen LogP contribution in [0.15, 0.2) is 0 Å². The highest BCUT2D eigenvalue weighted by Crippen LogP contribution is 2.04. The van der Waals surface area contributed by atoms with E-state index in [1.165, 1.54) is 4.31 Å². The number of amides is 1. The first-order valence-corrected chi connectivity index (χ1v) is 6.12. The Morgan fingerprint density at radius 1 is 1.43 bits per heavy atom. The average Bonchev–Trinajstić information content (AvgIpc) is 2.30. The number of hydrogen-bond donors (Lipinski definition) is 2. The summed E-state index contributed by atoms with van der Waals surface area (Å²) in [6, 6.07) is 0. The molecule has 0 unspecified atom stereocenters. The summed E-state index contributed by atoms with van der Waals surface area (Å²) in [6.07, 6.45) is 0.226. The first-order chi connectivity index (χ1) is 6.56. The molecule has 6 nitrogen and oxygen atoms in total. The van der Waals surface area contributed by atoms with Gasteiger partial charge < -0.3 is 11.1 Å². The molecule has 0 aliphatic carbocycles. The van der Waals surface area contributed by atoms with E-state index in [0.717, 1.165) is 0 Å². The zero-order valence-electron chi connectivity index (χ0n) is 7.90. The molecule has 0 aromatic rings. The molecule has 1 heterocycles. The van der Waals surface area contributed by atoms with Crippen LogP contribution >= 0.6 is 0 Å². The third-order valence-electron chi connectivity index (χ3n) is 2.04. The number of nitrogens with zero attached hydrogens (tertiary/aromatic N) is 1. The normalized spacial score (nSPS) is 20.2. The topological polar surface area (TPSA) is 92.5 Å². The van der Waals surface area contributed by atoms with Crippen molar-refractivity contribution in [2.45, 2.75) is 6.42 Å². The van der Waals surface area contributed by atoms with Gasteiger partial charge in [-0.05, 0) is 0 Å². The van der Waals surface area contributed by atoms with Crippen molar-refractivity contribution in [3.63, 3.8) is 0 Å². The van der Waals surface area contributed by atoms with Gasteiger partial charge in [-0.3, -0.25) is 4.79 Å². The SMILES string of the molecule is NCCS(=O)(=O)N1CCNC(=O)CC1. The largest absolute Gasteiger partial charge is 0.355 e. The summed E-state index contributed by atoms with van der Waals surface area (Å²) in [5.41, 5.74) is 5.20. The van der Waals surface area contributed by atoms with Gasteiger partial charge in [0.25, 0.3) is 0 Å². The second-order valence-electron chi connectivity index (χ2n) is 3.10. The van der Waals surface area contributed by atoms with Crippen molar-refractivity contribution in [1.29, 1.82) is 0 Å². The molecule has 0 bridgehead atoms. The molecule has 1 amide bonds. The molecular formula is C7H15N3O3S. The zero-order valence-corrected chi connectivity index (χ0v) is 8.72. The van der Waals surface area contributed by atoms with Crippen LogP contribution in [0.25, 0.3) is 0 Å². The Hall–Kier alpha value is -0.660. The minimum atomic E-state index is -3.26. The summed E-state index contributed by atoms with van der Waals surface area (Å²) < 4.78 is 24.4. The molecule has 1 rings (SSSR count). The van der Waals surface area contributed by atoms with Crippen molar-refractivity contribution < 1.29 is 13.2 Å². The molecule has 0 aromatic carbocycles. The van der Waals surface area contributed by atoms with Gasteiger partial charge in [-0.15, -0.1) is 0 Å². The Bertz CT molecular complexity index is 301. The fourth-order valence-corrected chi connectivity index (χ4v) is 2.60. The lowest BCUT2D eigenvalue weighted by Crippen LogP contribution is -2.37. The van der Waals surface area contributed by atoms with Gasteiger partial charge in [0.1, 0.15) is 0 Å². The standard InChI is InChI=1S/C7H15N3O3S/c8-2-6-14(12,13)10-4-1-7(11)9-3-5-10/h1-6,8H2,(H,9,11). The van der Waals surface area contributed by atoms with E-state index in [0.29, 0.717) is 13.1 Å². The Kier molecular flexibility index (Phi) is 3.85. The number of nitrogens with one attached hydrogen (secondary N) is 1. The summed E-state index contributed by atoms with van der Waals surface area (Å²) in [6.45, 7) is 1.09. The lowest BCUT2D eigenvalue weighted by molar-refractivity contribution is -0.120. The maximum atomic E-state index is 11.6. The monoisotopic (exact) mass is 221 g/mol. The van der Waals surface area contributed by atoms with Gasteiger partial charge in [0.15, 0.2) is 0 Å². The van der Waals surface area contributed by atoms with Gasteiger partial charge in [-0.1, -0.05) is 0 Å². The number of rotatable bonds is 3. The van der Waals surface area contributed by atoms with Gasteiger partial charge in [0, 0.05) is 32.6 Å². The van der Waals surface area contributed by atoms with Crippen molar-refractivity contribution in [3.8, 4) is 0 Å². The molecule has 1 aliphatic heterocycles. The third-order valence-corrected chi connectivity index (χ3v) is 3.94. The molecule has 1 fully saturated rings. The lowest BCUT2D eigenvalue weighted by Gasteiger charge is -2.18. The van der Waals surface area contributed by atoms with Gasteiger partial charge in [-0.25, -0.2) is 8.42 Å². The van der Waals surface area contributed by atoms with Crippen LogP contribution in [0.1, 0.15) is 6.42 Å². The van der Waals surface area contributed by atoms with Crippen molar-refractivity contribution >= 4 is 15.9 Å². The van der Waals surface area contributed by atoms with E-state index >= 15 is 0 Å². The summed E-state index contributed by atoms with van der Waals surface area (Å²) in [7, 11) is -3.26. The number of hydrogen-bond acceptors (Lipinski definition) is 4. The molecule has 7 heteroatoms. The maximum absolute atomic E-state index is 11.6. The number of nitrogens with two attached hydrogens (primary N) is 1. The van der Waals surface area contributed by atoms with E-state index in [4.69, 9.17) is 5.73 Å². The molecule has 0 radical (unpaired) electrons. The summed E-state index contributed by atoms with van der Waals surface area (Å²) in [5, 5.41) is 2.61. The zero-order chi connectivity index (χ0) is 10.6. The highest BCUT2D eigenvalue weighted by molar-refractivity contribution is 7.89. The van der Waals surface area contributed by atoms with Gasteiger partial charge in [0.2, 0.25) is 15.9 Å². The molecule has 82 valence electrons. The Morgan fingerprint density at radius 2 is 2.14 bits per heavy atom. The Balaban J connectivity index is 2.63. The fourth-order valence-electron chi connectivity index (χ4n) is 1.30. The van der Waals surface area contributed by atoms with Crippen LogP contribution in [-0.2, 0) is 14.8 Å². The quantitative estimate of drug-likeness (QED) is 0.582. The van der Waals surface area contributed by atoms with Crippen LogP contribution in [0.4, 0.5) is 0 Å². The van der Waals surface area contributed by atoms with Crippen molar-refractivity contribution in [3.05, 3.63) is 0 Å². The van der Waals surface area contributed by atoms with Crippen molar-refractivity contribution in [1.82, 2.24) is 9.62 Å². The lowest BCUT2D eigenvalue weighted by atomic mass is 10.4. The fraction of sp³-hybridized carbons (Fsp3) is 0.857. The summed E-state index contributed by atoms with van der Waals surface area (Å²) in [5.74, 6) is -0.156. The van der Waals surface area contributed by atoms with Crippen LogP contribution < -0.4 is 11.1 Å². The molecule has 0 aromatic heterocycles. The van der Waals surface area contributed by atoms with Gasteiger partial charge in [-0.2, -0.15) is 4.31 Å². The second kappa shape index (κ2) is 4.72. The highest BCUT2D eigenvalue weighted by Gasteiger charge is 2.23. The molecule has 0 atom stereocenters. The molecule has 1 aliphatic rings. The number of carbonyl (C=O) groups is 1.